The van der Waals surface area contributed by atoms with Gasteiger partial charge in [0.1, 0.15) is 0 Å². The van der Waals surface area contributed by atoms with Gasteiger partial charge in [0.05, 0.1) is 25.3 Å². The molecule has 0 saturated carbocycles. The molecule has 0 unspecified atom stereocenters. The first kappa shape index (κ1) is 19.4. The summed E-state index contributed by atoms with van der Waals surface area (Å²) in [4.78, 5) is 14.3. The van der Waals surface area contributed by atoms with Crippen LogP contribution in [-0.2, 0) is 15.9 Å². The Kier molecular flexibility index (Phi) is 5.47. The number of alkyl carbamates (subject to hydrolysis) is 1. The molecule has 2 heterocycles. The first-order chi connectivity index (χ1) is 14.1. The summed E-state index contributed by atoms with van der Waals surface area (Å²) >= 11 is 0. The summed E-state index contributed by atoms with van der Waals surface area (Å²) in [5, 5.41) is 3.16. The van der Waals surface area contributed by atoms with Gasteiger partial charge in [-0.2, -0.15) is 0 Å². The van der Waals surface area contributed by atoms with Crippen molar-refractivity contribution in [3.05, 3.63) is 72.6 Å². The predicted octanol–water partition coefficient (Wildman–Crippen LogP) is 4.35. The van der Waals surface area contributed by atoms with Crippen molar-refractivity contribution in [1.82, 2.24) is 10.2 Å². The fourth-order valence-corrected chi connectivity index (χ4v) is 4.70. The van der Waals surface area contributed by atoms with E-state index < -0.39 is 0 Å². The number of methoxy groups -OCH3 is 1. The number of amides is 1. The molecule has 152 valence electrons. The van der Waals surface area contributed by atoms with Gasteiger partial charge < -0.3 is 19.7 Å². The summed E-state index contributed by atoms with van der Waals surface area (Å²) in [7, 11) is 1.65. The molecule has 5 heteroatoms. The van der Waals surface area contributed by atoms with Gasteiger partial charge in [0.25, 0.3) is 0 Å². The molecule has 29 heavy (non-hydrogen) atoms. The van der Waals surface area contributed by atoms with E-state index in [2.05, 4.69) is 65.3 Å². The van der Waals surface area contributed by atoms with Crippen LogP contribution in [0.25, 0.3) is 11.1 Å². The Labute approximate surface area is 172 Å². The van der Waals surface area contributed by atoms with Crippen LogP contribution >= 0.6 is 0 Å². The minimum Gasteiger partial charge on any atom is -0.483 e. The zero-order chi connectivity index (χ0) is 20.3. The number of carbonyl (C=O) groups is 1. The maximum atomic E-state index is 12.1. The van der Waals surface area contributed by atoms with Gasteiger partial charge in [0.15, 0.2) is 5.88 Å². The highest BCUT2D eigenvalue weighted by atomic mass is 16.6. The fourth-order valence-electron chi connectivity index (χ4n) is 4.70. The lowest BCUT2D eigenvalue weighted by molar-refractivity contribution is -0.00775. The zero-order valence-corrected chi connectivity index (χ0v) is 16.9. The Balaban J connectivity index is 1.67. The minimum absolute atomic E-state index is 0.0579. The third-order valence-electron chi connectivity index (χ3n) is 6.19. The standard InChI is InChI=1S/C24H28N2O3/c1-18(28-2)26-14-7-12-24(13-15-29-23(27)25-24)22(26)17-19-8-6-11-21(16-19)20-9-4-3-5-10-20/h3-6,8-11,16,22H,1,7,12-15,17H2,2H3,(H,25,27)/t22-,24+/m1/s1. The molecular weight excluding hydrogens is 364 g/mol. The second kappa shape index (κ2) is 8.19. The van der Waals surface area contributed by atoms with E-state index in [1.165, 1.54) is 16.7 Å². The molecule has 2 fully saturated rings. The average Bonchev–Trinajstić information content (AvgIpc) is 2.75. The summed E-state index contributed by atoms with van der Waals surface area (Å²) in [6, 6.07) is 19.1. The molecule has 4 rings (SSSR count). The number of likely N-dealkylation sites (tertiary alicyclic amines) is 1. The van der Waals surface area contributed by atoms with Crippen molar-refractivity contribution in [3.63, 3.8) is 0 Å². The van der Waals surface area contributed by atoms with Gasteiger partial charge in [-0.15, -0.1) is 0 Å². The van der Waals surface area contributed by atoms with E-state index in [0.29, 0.717) is 12.5 Å². The molecule has 2 saturated heterocycles. The monoisotopic (exact) mass is 392 g/mol. The molecule has 0 aliphatic carbocycles. The van der Waals surface area contributed by atoms with E-state index in [0.717, 1.165) is 32.2 Å². The third kappa shape index (κ3) is 3.95. The molecule has 0 radical (unpaired) electrons. The first-order valence-corrected chi connectivity index (χ1v) is 10.2. The molecule has 1 amide bonds. The zero-order valence-electron chi connectivity index (χ0n) is 16.9. The SMILES string of the molecule is C=C(OC)N1CCC[C@]2(CCOC(=O)N2)[C@H]1Cc1cccc(-c2ccccc2)c1. The Morgan fingerprint density at radius 1 is 1.21 bits per heavy atom. The number of nitrogens with zero attached hydrogens (tertiary/aromatic N) is 1. The first-order valence-electron chi connectivity index (χ1n) is 10.2. The van der Waals surface area contributed by atoms with Gasteiger partial charge in [-0.25, -0.2) is 4.79 Å². The lowest BCUT2D eigenvalue weighted by Crippen LogP contribution is -2.67. The molecule has 5 nitrogen and oxygen atoms in total. The maximum absolute atomic E-state index is 12.1. The fraction of sp³-hybridized carbons (Fsp3) is 0.375. The van der Waals surface area contributed by atoms with E-state index >= 15 is 0 Å². The molecule has 1 spiro atoms. The number of ether oxygens (including phenoxy) is 2. The normalized spacial score (nSPS) is 24.0. The molecule has 2 aliphatic rings. The maximum Gasteiger partial charge on any atom is 0.407 e. The van der Waals surface area contributed by atoms with Crippen molar-refractivity contribution >= 4 is 6.09 Å². The van der Waals surface area contributed by atoms with Gasteiger partial charge in [-0.05, 0) is 42.5 Å². The van der Waals surface area contributed by atoms with Crippen LogP contribution in [-0.4, -0.2) is 42.8 Å². The van der Waals surface area contributed by atoms with Crippen molar-refractivity contribution in [2.75, 3.05) is 20.3 Å². The van der Waals surface area contributed by atoms with Crippen LogP contribution in [0.1, 0.15) is 24.8 Å². The number of cyclic esters (lactones) is 1. The van der Waals surface area contributed by atoms with Crippen molar-refractivity contribution in [1.29, 1.82) is 0 Å². The molecule has 2 aromatic carbocycles. The number of piperidine rings is 1. The summed E-state index contributed by atoms with van der Waals surface area (Å²) < 4.78 is 10.7. The van der Waals surface area contributed by atoms with Gasteiger partial charge in [-0.1, -0.05) is 54.6 Å². The number of hydrogen-bond donors (Lipinski definition) is 1. The predicted molar refractivity (Wildman–Crippen MR) is 113 cm³/mol. The lowest BCUT2D eigenvalue weighted by atomic mass is 9.75. The molecule has 0 bridgehead atoms. The van der Waals surface area contributed by atoms with E-state index in [1.807, 2.05) is 6.07 Å². The Hall–Kier alpha value is -2.95. The smallest absolute Gasteiger partial charge is 0.407 e. The van der Waals surface area contributed by atoms with Crippen LogP contribution in [0.3, 0.4) is 0 Å². The molecule has 0 aromatic heterocycles. The molecule has 2 atom stereocenters. The average molecular weight is 392 g/mol. The summed E-state index contributed by atoms with van der Waals surface area (Å²) in [6.07, 6.45) is 3.16. The second-order valence-corrected chi connectivity index (χ2v) is 7.85. The van der Waals surface area contributed by atoms with Crippen LogP contribution in [0.4, 0.5) is 4.79 Å². The quantitative estimate of drug-likeness (QED) is 0.769. The second-order valence-electron chi connectivity index (χ2n) is 7.85. The van der Waals surface area contributed by atoms with Crippen LogP contribution < -0.4 is 5.32 Å². The number of carbonyl (C=O) groups excluding carboxylic acids is 1. The highest BCUT2D eigenvalue weighted by Crippen LogP contribution is 2.37. The van der Waals surface area contributed by atoms with Crippen LogP contribution in [0, 0.1) is 0 Å². The van der Waals surface area contributed by atoms with Gasteiger partial charge in [0, 0.05) is 13.0 Å². The van der Waals surface area contributed by atoms with Crippen molar-refractivity contribution in [2.45, 2.75) is 37.3 Å². The Morgan fingerprint density at radius 3 is 2.76 bits per heavy atom. The largest absolute Gasteiger partial charge is 0.483 e. The Morgan fingerprint density at radius 2 is 2.00 bits per heavy atom. The van der Waals surface area contributed by atoms with Crippen LogP contribution in [0.2, 0.25) is 0 Å². The lowest BCUT2D eigenvalue weighted by Gasteiger charge is -2.52. The summed E-state index contributed by atoms with van der Waals surface area (Å²) in [6.45, 7) is 5.42. The Bertz CT molecular complexity index is 879. The van der Waals surface area contributed by atoms with Crippen LogP contribution in [0.15, 0.2) is 67.1 Å². The van der Waals surface area contributed by atoms with E-state index in [9.17, 15) is 4.79 Å². The molecule has 1 N–H and O–H groups in total. The molecule has 2 aromatic rings. The highest BCUT2D eigenvalue weighted by Gasteiger charge is 2.48. The van der Waals surface area contributed by atoms with Crippen molar-refractivity contribution in [2.24, 2.45) is 0 Å². The number of hydrogen-bond acceptors (Lipinski definition) is 4. The van der Waals surface area contributed by atoms with Crippen LogP contribution in [0.5, 0.6) is 0 Å². The third-order valence-corrected chi connectivity index (χ3v) is 6.19. The van der Waals surface area contributed by atoms with Gasteiger partial charge in [-0.3, -0.25) is 0 Å². The molecule has 2 aliphatic heterocycles. The minimum atomic E-state index is -0.336. The summed E-state index contributed by atoms with van der Waals surface area (Å²) in [5.41, 5.74) is 3.29. The van der Waals surface area contributed by atoms with E-state index in [4.69, 9.17) is 9.47 Å². The van der Waals surface area contributed by atoms with E-state index in [1.54, 1.807) is 7.11 Å². The topological polar surface area (TPSA) is 50.8 Å². The highest BCUT2D eigenvalue weighted by molar-refractivity contribution is 5.69. The van der Waals surface area contributed by atoms with Gasteiger partial charge in [0.2, 0.25) is 0 Å². The van der Waals surface area contributed by atoms with Crippen molar-refractivity contribution < 1.29 is 14.3 Å². The number of nitrogens with one attached hydrogen (secondary N) is 1. The number of rotatable bonds is 5. The van der Waals surface area contributed by atoms with E-state index in [-0.39, 0.29) is 17.7 Å². The molecular formula is C24H28N2O3. The summed E-state index contributed by atoms with van der Waals surface area (Å²) in [5.74, 6) is 0.647. The van der Waals surface area contributed by atoms with Gasteiger partial charge >= 0.3 is 6.09 Å². The number of benzene rings is 2. The van der Waals surface area contributed by atoms with Crippen molar-refractivity contribution in [3.8, 4) is 11.1 Å².